The lowest BCUT2D eigenvalue weighted by molar-refractivity contribution is -0.142. The highest BCUT2D eigenvalue weighted by atomic mass is 32.2. The highest BCUT2D eigenvalue weighted by Crippen LogP contribution is 2.48. The predicted octanol–water partition coefficient (Wildman–Crippen LogP) is 7.05. The van der Waals surface area contributed by atoms with Gasteiger partial charge in [0.2, 0.25) is 0 Å². The maximum atomic E-state index is 13.5. The molecule has 1 aliphatic carbocycles. The number of aryl methyl sites for hydroxylation is 1. The van der Waals surface area contributed by atoms with Crippen molar-refractivity contribution >= 4 is 31.3 Å². The van der Waals surface area contributed by atoms with Crippen molar-refractivity contribution < 1.29 is 23.5 Å². The number of methoxy groups -OCH3 is 1. The molecular weight excluding hydrogens is 505 g/mol. The number of benzene rings is 2. The zero-order valence-electron chi connectivity index (χ0n) is 22.2. The van der Waals surface area contributed by atoms with Crippen molar-refractivity contribution in [3.05, 3.63) is 59.2 Å². The first kappa shape index (κ1) is 29.2. The van der Waals surface area contributed by atoms with Crippen LogP contribution in [0.25, 0.3) is 11.1 Å². The van der Waals surface area contributed by atoms with Crippen LogP contribution in [0.15, 0.2) is 42.5 Å². The molecule has 3 rings (SSSR count). The van der Waals surface area contributed by atoms with Crippen molar-refractivity contribution in [2.24, 2.45) is 5.92 Å². The summed E-state index contributed by atoms with van der Waals surface area (Å²) < 4.78 is 30.3. The summed E-state index contributed by atoms with van der Waals surface area (Å²) in [6.07, 6.45) is 8.56. The molecule has 2 aromatic rings. The van der Waals surface area contributed by atoms with Crippen LogP contribution in [-0.4, -0.2) is 37.0 Å². The van der Waals surface area contributed by atoms with E-state index in [1.54, 1.807) is 30.8 Å². The molecule has 0 bridgehead atoms. The Morgan fingerprint density at radius 2 is 1.81 bits per heavy atom. The molecule has 0 aliphatic heterocycles. The first-order chi connectivity index (χ1) is 17.7. The minimum absolute atomic E-state index is 0.369. The third-order valence-corrected chi connectivity index (χ3v) is 9.43. The first-order valence-electron chi connectivity index (χ1n) is 12.9. The van der Waals surface area contributed by atoms with Crippen LogP contribution in [-0.2, 0) is 23.8 Å². The van der Waals surface area contributed by atoms with E-state index in [1.807, 2.05) is 43.5 Å². The molecule has 0 aromatic heterocycles. The number of hydrogen-bond acceptors (Lipinski definition) is 6. The number of carbonyl (C=O) groups excluding carboxylic acids is 2. The Bertz CT molecular complexity index is 1170. The van der Waals surface area contributed by atoms with Gasteiger partial charge in [0, 0.05) is 5.56 Å². The Morgan fingerprint density at radius 3 is 2.43 bits per heavy atom. The number of nitrogens with one attached hydrogen (secondary N) is 1. The summed E-state index contributed by atoms with van der Waals surface area (Å²) in [5.41, 5.74) is 3.58. The Labute approximate surface area is 225 Å². The smallest absolute Gasteiger partial charge is 0.328 e. The standard InChI is InChI=1S/C29H38NO5PS/c1-20-10-8-9-13-23(20)25-18-22(29(2,36(33)34)19-21-11-6-5-7-12-21)14-15-24(25)27(31)30-26(16-17-37-4)28(32)35-3/h8-10,13-15,18,21,26H,5-7,11-12,16-17,19H2,1-4H3,(H,30,31)/t26-,29?/m0/s1. The van der Waals surface area contributed by atoms with Crippen molar-refractivity contribution in [1.82, 2.24) is 5.32 Å². The lowest BCUT2D eigenvalue weighted by Gasteiger charge is -2.30. The molecule has 0 radical (unpaired) electrons. The van der Waals surface area contributed by atoms with Gasteiger partial charge in [-0.05, 0) is 79.0 Å². The Balaban J connectivity index is 2.06. The molecule has 0 saturated heterocycles. The van der Waals surface area contributed by atoms with E-state index in [4.69, 9.17) is 4.74 Å². The van der Waals surface area contributed by atoms with Crippen molar-refractivity contribution in [3.8, 4) is 11.1 Å². The zero-order valence-corrected chi connectivity index (χ0v) is 24.0. The van der Waals surface area contributed by atoms with Gasteiger partial charge in [0.05, 0.1) is 7.11 Å². The average molecular weight is 544 g/mol. The van der Waals surface area contributed by atoms with Crippen molar-refractivity contribution in [1.29, 1.82) is 0 Å². The maximum absolute atomic E-state index is 13.5. The fraction of sp³-hybridized carbons (Fsp3) is 0.517. The number of amides is 1. The van der Waals surface area contributed by atoms with Gasteiger partial charge in [-0.15, -0.1) is 0 Å². The molecule has 1 saturated carbocycles. The van der Waals surface area contributed by atoms with Crippen LogP contribution < -0.4 is 5.32 Å². The molecule has 1 aliphatic rings. The van der Waals surface area contributed by atoms with Gasteiger partial charge in [-0.25, -0.2) is 13.9 Å². The fourth-order valence-electron chi connectivity index (χ4n) is 5.29. The largest absolute Gasteiger partial charge is 0.467 e. The van der Waals surface area contributed by atoms with E-state index in [1.165, 1.54) is 13.5 Å². The van der Waals surface area contributed by atoms with E-state index in [2.05, 4.69) is 5.32 Å². The molecule has 37 heavy (non-hydrogen) atoms. The molecule has 1 N–H and O–H groups in total. The van der Waals surface area contributed by atoms with E-state index in [9.17, 15) is 18.7 Å². The van der Waals surface area contributed by atoms with E-state index in [-0.39, 0.29) is 5.91 Å². The van der Waals surface area contributed by atoms with Crippen LogP contribution >= 0.6 is 19.4 Å². The summed E-state index contributed by atoms with van der Waals surface area (Å²) >= 11 is 1.59. The quantitative estimate of drug-likeness (QED) is 0.241. The Morgan fingerprint density at radius 1 is 1.11 bits per heavy atom. The fourth-order valence-corrected chi connectivity index (χ4v) is 6.52. The summed E-state index contributed by atoms with van der Waals surface area (Å²) in [6.45, 7) is 3.77. The van der Waals surface area contributed by atoms with Crippen molar-refractivity contribution in [2.75, 3.05) is 19.1 Å². The summed E-state index contributed by atoms with van der Waals surface area (Å²) in [7, 11) is -1.45. The maximum Gasteiger partial charge on any atom is 0.328 e. The third-order valence-electron chi connectivity index (χ3n) is 7.54. The van der Waals surface area contributed by atoms with Crippen LogP contribution in [0.5, 0.6) is 0 Å². The van der Waals surface area contributed by atoms with Gasteiger partial charge in [0.1, 0.15) is 11.2 Å². The summed E-state index contributed by atoms with van der Waals surface area (Å²) in [6, 6.07) is 12.3. The molecule has 8 heteroatoms. The number of hydrogen-bond donors (Lipinski definition) is 1. The monoisotopic (exact) mass is 543 g/mol. The minimum Gasteiger partial charge on any atom is -0.467 e. The van der Waals surface area contributed by atoms with Crippen LogP contribution in [0, 0.1) is 12.8 Å². The normalized spacial score (nSPS) is 16.4. The van der Waals surface area contributed by atoms with Crippen LogP contribution in [0.2, 0.25) is 0 Å². The topological polar surface area (TPSA) is 89.5 Å². The van der Waals surface area contributed by atoms with Crippen LogP contribution in [0.4, 0.5) is 0 Å². The number of esters is 1. The van der Waals surface area contributed by atoms with E-state index in [0.29, 0.717) is 41.2 Å². The van der Waals surface area contributed by atoms with Crippen LogP contribution in [0.1, 0.15) is 73.4 Å². The van der Waals surface area contributed by atoms with Crippen molar-refractivity contribution in [3.63, 3.8) is 0 Å². The molecule has 1 amide bonds. The average Bonchev–Trinajstić information content (AvgIpc) is 2.90. The number of thioether (sulfide) groups is 1. The highest BCUT2D eigenvalue weighted by molar-refractivity contribution is 7.98. The molecule has 0 spiro atoms. The van der Waals surface area contributed by atoms with Gasteiger partial charge in [-0.1, -0.05) is 62.4 Å². The summed E-state index contributed by atoms with van der Waals surface area (Å²) in [5, 5.41) is 1.82. The molecular formula is C29H38NO5PS. The van der Waals surface area contributed by atoms with E-state index >= 15 is 0 Å². The SMILES string of the molecule is COC(=O)[C@H](CCSC)NC(=O)c1ccc(C(C)(CC2CCCCC2)P(=O)=O)cc1-c1ccccc1C. The third kappa shape index (κ3) is 7.14. The summed E-state index contributed by atoms with van der Waals surface area (Å²) in [4.78, 5) is 25.8. The lowest BCUT2D eigenvalue weighted by atomic mass is 9.80. The van der Waals surface area contributed by atoms with Gasteiger partial charge >= 0.3 is 13.6 Å². The second-order valence-electron chi connectivity index (χ2n) is 10.1. The molecule has 1 fully saturated rings. The molecule has 200 valence electrons. The van der Waals surface area contributed by atoms with Gasteiger partial charge in [0.15, 0.2) is 0 Å². The minimum atomic E-state index is -2.76. The molecule has 2 atom stereocenters. The molecule has 2 aromatic carbocycles. The zero-order chi connectivity index (χ0) is 27.0. The second kappa shape index (κ2) is 13.4. The number of ether oxygens (including phenoxy) is 1. The Hall–Kier alpha value is -2.37. The van der Waals surface area contributed by atoms with Gasteiger partial charge in [0.25, 0.3) is 5.91 Å². The lowest BCUT2D eigenvalue weighted by Crippen LogP contribution is -2.42. The molecule has 1 unspecified atom stereocenters. The van der Waals surface area contributed by atoms with E-state index in [0.717, 1.165) is 36.8 Å². The van der Waals surface area contributed by atoms with E-state index < -0.39 is 24.8 Å². The Kier molecular flexibility index (Phi) is 10.6. The highest BCUT2D eigenvalue weighted by Gasteiger charge is 2.37. The molecule has 0 heterocycles. The second-order valence-corrected chi connectivity index (χ2v) is 12.6. The van der Waals surface area contributed by atoms with Crippen molar-refractivity contribution in [2.45, 2.75) is 70.0 Å². The van der Waals surface area contributed by atoms with Gasteiger partial charge in [-0.3, -0.25) is 4.79 Å². The number of rotatable bonds is 11. The first-order valence-corrected chi connectivity index (χ1v) is 15.5. The summed E-state index contributed by atoms with van der Waals surface area (Å²) in [5.74, 6) is 0.190. The number of carbonyl (C=O) groups is 2. The molecule has 6 nitrogen and oxygen atoms in total. The van der Waals surface area contributed by atoms with Crippen LogP contribution in [0.3, 0.4) is 0 Å². The van der Waals surface area contributed by atoms with Gasteiger partial charge < -0.3 is 10.1 Å². The predicted molar refractivity (Wildman–Crippen MR) is 150 cm³/mol. The van der Waals surface area contributed by atoms with Gasteiger partial charge in [-0.2, -0.15) is 11.8 Å².